The molecule has 2 rings (SSSR count). The van der Waals surface area contributed by atoms with E-state index in [1.807, 2.05) is 31.2 Å². The average Bonchev–Trinajstić information content (AvgIpc) is 2.49. The standard InChI is InChI=1S/C17H19Cl2NO2S/c1-3-13-4-6-14(7-5-13)12(2)20-23(21,22)11-15-8-9-16(18)10-17(15)19/h4-10,12,20H,3,11H2,1-2H3/t12-/m0/s1. The van der Waals surface area contributed by atoms with Crippen molar-refractivity contribution in [2.45, 2.75) is 32.1 Å². The smallest absolute Gasteiger partial charge is 0.212 e. The first-order valence-corrected chi connectivity index (χ1v) is 9.74. The van der Waals surface area contributed by atoms with Gasteiger partial charge in [0.25, 0.3) is 0 Å². The quantitative estimate of drug-likeness (QED) is 0.796. The van der Waals surface area contributed by atoms with Crippen LogP contribution in [0.3, 0.4) is 0 Å². The van der Waals surface area contributed by atoms with E-state index >= 15 is 0 Å². The lowest BCUT2D eigenvalue weighted by molar-refractivity contribution is 0.566. The molecule has 0 aliphatic heterocycles. The first-order valence-electron chi connectivity index (χ1n) is 7.33. The molecule has 2 aromatic carbocycles. The van der Waals surface area contributed by atoms with Crippen LogP contribution in [0.25, 0.3) is 0 Å². The van der Waals surface area contributed by atoms with Crippen LogP contribution in [0.1, 0.15) is 36.6 Å². The second kappa shape index (κ2) is 7.67. The molecule has 1 atom stereocenters. The summed E-state index contributed by atoms with van der Waals surface area (Å²) in [6.07, 6.45) is 0.954. The summed E-state index contributed by atoms with van der Waals surface area (Å²) in [6.45, 7) is 3.90. The first-order chi connectivity index (χ1) is 10.8. The molecule has 0 unspecified atom stereocenters. The number of nitrogens with one attached hydrogen (secondary N) is 1. The lowest BCUT2D eigenvalue weighted by Gasteiger charge is -2.15. The van der Waals surface area contributed by atoms with Crippen molar-refractivity contribution in [3.05, 3.63) is 69.2 Å². The molecule has 0 saturated carbocycles. The van der Waals surface area contributed by atoms with Gasteiger partial charge in [0.05, 0.1) is 5.75 Å². The van der Waals surface area contributed by atoms with Crippen LogP contribution in [0.2, 0.25) is 10.0 Å². The maximum Gasteiger partial charge on any atom is 0.216 e. The normalized spacial score (nSPS) is 13.0. The Labute approximate surface area is 147 Å². The Balaban J connectivity index is 2.10. The van der Waals surface area contributed by atoms with E-state index < -0.39 is 10.0 Å². The molecule has 2 aromatic rings. The fourth-order valence-corrected chi connectivity index (χ4v) is 4.24. The average molecular weight is 372 g/mol. The van der Waals surface area contributed by atoms with Crippen LogP contribution in [-0.2, 0) is 22.2 Å². The number of aryl methyl sites for hydroxylation is 1. The van der Waals surface area contributed by atoms with Crippen molar-refractivity contribution in [2.24, 2.45) is 0 Å². The zero-order valence-corrected chi connectivity index (χ0v) is 15.3. The molecular formula is C17H19Cl2NO2S. The van der Waals surface area contributed by atoms with E-state index in [-0.39, 0.29) is 11.8 Å². The molecule has 0 spiro atoms. The van der Waals surface area contributed by atoms with Gasteiger partial charge in [-0.3, -0.25) is 0 Å². The van der Waals surface area contributed by atoms with Gasteiger partial charge in [0.15, 0.2) is 0 Å². The molecule has 0 radical (unpaired) electrons. The molecule has 0 saturated heterocycles. The van der Waals surface area contributed by atoms with E-state index in [0.717, 1.165) is 12.0 Å². The maximum absolute atomic E-state index is 12.3. The van der Waals surface area contributed by atoms with E-state index in [4.69, 9.17) is 23.2 Å². The molecule has 0 bridgehead atoms. The van der Waals surface area contributed by atoms with E-state index in [0.29, 0.717) is 15.6 Å². The van der Waals surface area contributed by atoms with Crippen molar-refractivity contribution in [1.29, 1.82) is 0 Å². The Hall–Kier alpha value is -1.07. The summed E-state index contributed by atoms with van der Waals surface area (Å²) in [4.78, 5) is 0. The minimum atomic E-state index is -3.51. The third-order valence-electron chi connectivity index (χ3n) is 3.60. The molecule has 3 nitrogen and oxygen atoms in total. The SMILES string of the molecule is CCc1ccc([C@H](C)NS(=O)(=O)Cc2ccc(Cl)cc2Cl)cc1. The topological polar surface area (TPSA) is 46.2 Å². The van der Waals surface area contributed by atoms with Crippen LogP contribution in [-0.4, -0.2) is 8.42 Å². The van der Waals surface area contributed by atoms with Gasteiger partial charge < -0.3 is 0 Å². The second-order valence-electron chi connectivity index (χ2n) is 5.43. The number of sulfonamides is 1. The van der Waals surface area contributed by atoms with Crippen LogP contribution in [0.15, 0.2) is 42.5 Å². The Morgan fingerprint density at radius 2 is 1.74 bits per heavy atom. The van der Waals surface area contributed by atoms with Crippen molar-refractivity contribution >= 4 is 33.2 Å². The third kappa shape index (κ3) is 5.21. The molecule has 124 valence electrons. The summed E-state index contributed by atoms with van der Waals surface area (Å²) in [5.41, 5.74) is 2.67. The lowest BCUT2D eigenvalue weighted by atomic mass is 10.1. The fourth-order valence-electron chi connectivity index (χ4n) is 2.26. The molecule has 0 amide bonds. The summed E-state index contributed by atoms with van der Waals surface area (Å²) in [5.74, 6) is -0.180. The molecule has 0 aliphatic rings. The van der Waals surface area contributed by atoms with Crippen molar-refractivity contribution in [3.63, 3.8) is 0 Å². The van der Waals surface area contributed by atoms with E-state index in [9.17, 15) is 8.42 Å². The number of rotatable bonds is 6. The van der Waals surface area contributed by atoms with Crippen molar-refractivity contribution in [3.8, 4) is 0 Å². The van der Waals surface area contributed by atoms with Crippen molar-refractivity contribution in [2.75, 3.05) is 0 Å². The van der Waals surface area contributed by atoms with Crippen LogP contribution >= 0.6 is 23.2 Å². The van der Waals surface area contributed by atoms with Crippen LogP contribution < -0.4 is 4.72 Å². The van der Waals surface area contributed by atoms with E-state index in [1.165, 1.54) is 5.56 Å². The Bertz CT molecular complexity index is 774. The predicted octanol–water partition coefficient (Wildman–Crippen LogP) is 4.74. The first kappa shape index (κ1) is 18.3. The van der Waals surface area contributed by atoms with Crippen LogP contribution in [0, 0.1) is 0 Å². The van der Waals surface area contributed by atoms with E-state index in [1.54, 1.807) is 18.2 Å². The Kier molecular flexibility index (Phi) is 6.09. The molecular weight excluding hydrogens is 353 g/mol. The zero-order valence-electron chi connectivity index (χ0n) is 13.0. The molecule has 0 fully saturated rings. The summed E-state index contributed by atoms with van der Waals surface area (Å²) in [6, 6.07) is 12.4. The summed E-state index contributed by atoms with van der Waals surface area (Å²) >= 11 is 11.9. The summed E-state index contributed by atoms with van der Waals surface area (Å²) in [5, 5.41) is 0.830. The van der Waals surface area contributed by atoms with Gasteiger partial charge in [0.2, 0.25) is 10.0 Å². The number of hydrogen-bond donors (Lipinski definition) is 1. The van der Waals surface area contributed by atoms with Gasteiger partial charge in [-0.2, -0.15) is 0 Å². The van der Waals surface area contributed by atoms with Gasteiger partial charge in [-0.25, -0.2) is 13.1 Å². The van der Waals surface area contributed by atoms with Gasteiger partial charge in [0, 0.05) is 16.1 Å². The third-order valence-corrected chi connectivity index (χ3v) is 5.60. The van der Waals surface area contributed by atoms with E-state index in [2.05, 4.69) is 11.6 Å². The molecule has 6 heteroatoms. The highest BCUT2D eigenvalue weighted by molar-refractivity contribution is 7.88. The fraction of sp³-hybridized carbons (Fsp3) is 0.294. The van der Waals surface area contributed by atoms with Gasteiger partial charge in [-0.15, -0.1) is 0 Å². The highest BCUT2D eigenvalue weighted by Gasteiger charge is 2.18. The zero-order chi connectivity index (χ0) is 17.0. The highest BCUT2D eigenvalue weighted by atomic mass is 35.5. The van der Waals surface area contributed by atoms with Crippen molar-refractivity contribution in [1.82, 2.24) is 4.72 Å². The predicted molar refractivity (Wildman–Crippen MR) is 96.5 cm³/mol. The van der Waals surface area contributed by atoms with Crippen LogP contribution in [0.5, 0.6) is 0 Å². The van der Waals surface area contributed by atoms with Gasteiger partial charge in [-0.05, 0) is 42.2 Å². The minimum absolute atomic E-state index is 0.180. The number of benzene rings is 2. The maximum atomic E-state index is 12.3. The van der Waals surface area contributed by atoms with Crippen LogP contribution in [0.4, 0.5) is 0 Å². The molecule has 1 N–H and O–H groups in total. The molecule has 0 heterocycles. The second-order valence-corrected chi connectivity index (χ2v) is 8.03. The van der Waals surface area contributed by atoms with Gasteiger partial charge in [-0.1, -0.05) is 60.5 Å². The monoisotopic (exact) mass is 371 g/mol. The molecule has 0 aliphatic carbocycles. The number of halogens is 2. The Morgan fingerprint density at radius 3 is 2.30 bits per heavy atom. The molecule has 23 heavy (non-hydrogen) atoms. The highest BCUT2D eigenvalue weighted by Crippen LogP contribution is 2.23. The largest absolute Gasteiger partial charge is 0.216 e. The van der Waals surface area contributed by atoms with Crippen molar-refractivity contribution < 1.29 is 8.42 Å². The molecule has 0 aromatic heterocycles. The lowest BCUT2D eigenvalue weighted by Crippen LogP contribution is -2.28. The van der Waals surface area contributed by atoms with Gasteiger partial charge in [0.1, 0.15) is 0 Å². The summed E-state index contributed by atoms with van der Waals surface area (Å²) in [7, 11) is -3.51. The summed E-state index contributed by atoms with van der Waals surface area (Å²) < 4.78 is 27.4. The Morgan fingerprint density at radius 1 is 1.09 bits per heavy atom. The van der Waals surface area contributed by atoms with Gasteiger partial charge >= 0.3 is 0 Å². The minimum Gasteiger partial charge on any atom is -0.212 e. The number of hydrogen-bond acceptors (Lipinski definition) is 2.